The third kappa shape index (κ3) is 2.56. The molecule has 4 atom stereocenters. The van der Waals surface area contributed by atoms with Crippen molar-refractivity contribution in [3.63, 3.8) is 0 Å². The first-order valence-corrected chi connectivity index (χ1v) is 8.06. The first kappa shape index (κ1) is 14.2. The number of nitrogens with one attached hydrogen (secondary N) is 1. The number of carbonyl (C=O) groups is 1. The molecule has 0 saturated heterocycles. The quantitative estimate of drug-likeness (QED) is 0.872. The average Bonchev–Trinajstić information content (AvgIpc) is 3.04. The Hall–Kier alpha value is -0.730. The van der Waals surface area contributed by atoms with E-state index in [-0.39, 0.29) is 11.9 Å². The zero-order valence-corrected chi connectivity index (χ0v) is 13.0. The average molecular weight is 312 g/mol. The van der Waals surface area contributed by atoms with Gasteiger partial charge in [-0.05, 0) is 56.1 Å². The number of carbonyl (C=O) groups excluding carboxylic acids is 1. The molecule has 0 aromatic heterocycles. The van der Waals surface area contributed by atoms with Crippen molar-refractivity contribution < 1.29 is 4.79 Å². The number of hydrogen-bond acceptors (Lipinski definition) is 1. The zero-order chi connectivity index (χ0) is 14.3. The fourth-order valence-electron chi connectivity index (χ4n) is 3.98. The van der Waals surface area contributed by atoms with E-state index in [1.165, 1.54) is 25.7 Å². The molecule has 2 bridgehead atoms. The van der Waals surface area contributed by atoms with Crippen LogP contribution in [0.5, 0.6) is 0 Å². The molecule has 2 nitrogen and oxygen atoms in total. The van der Waals surface area contributed by atoms with Gasteiger partial charge in [-0.15, -0.1) is 0 Å². The van der Waals surface area contributed by atoms with Crippen LogP contribution in [0.4, 0.5) is 0 Å². The first-order valence-electron chi connectivity index (χ1n) is 7.31. The van der Waals surface area contributed by atoms with E-state index in [9.17, 15) is 4.79 Å². The van der Waals surface area contributed by atoms with Crippen LogP contribution in [0, 0.1) is 17.8 Å². The summed E-state index contributed by atoms with van der Waals surface area (Å²) in [6, 6.07) is 5.37. The monoisotopic (exact) mass is 311 g/mol. The van der Waals surface area contributed by atoms with E-state index in [0.717, 1.165) is 11.8 Å². The number of amides is 1. The minimum atomic E-state index is -0.118. The summed E-state index contributed by atoms with van der Waals surface area (Å²) in [7, 11) is 0. The van der Waals surface area contributed by atoms with Crippen molar-refractivity contribution in [3.8, 4) is 0 Å². The summed E-state index contributed by atoms with van der Waals surface area (Å²) in [5.41, 5.74) is 0.467. The molecule has 2 aliphatic rings. The van der Waals surface area contributed by atoms with Crippen LogP contribution in [0.2, 0.25) is 10.0 Å². The minimum Gasteiger partial charge on any atom is -0.349 e. The SMILES string of the molecule is CC(NC(=O)c1cccc(Cl)c1Cl)C1CC2CCC1C2. The van der Waals surface area contributed by atoms with E-state index in [4.69, 9.17) is 23.2 Å². The molecular weight excluding hydrogens is 293 g/mol. The Bertz CT molecular complexity index is 531. The molecule has 1 amide bonds. The summed E-state index contributed by atoms with van der Waals surface area (Å²) in [5.74, 6) is 2.19. The molecule has 108 valence electrons. The lowest BCUT2D eigenvalue weighted by atomic mass is 9.84. The fraction of sp³-hybridized carbons (Fsp3) is 0.562. The van der Waals surface area contributed by atoms with Gasteiger partial charge in [-0.3, -0.25) is 4.79 Å². The summed E-state index contributed by atoms with van der Waals surface area (Å²) >= 11 is 12.1. The van der Waals surface area contributed by atoms with Gasteiger partial charge in [-0.2, -0.15) is 0 Å². The topological polar surface area (TPSA) is 29.1 Å². The van der Waals surface area contributed by atoms with Crippen LogP contribution < -0.4 is 5.32 Å². The Morgan fingerprint density at radius 2 is 2.10 bits per heavy atom. The summed E-state index contributed by atoms with van der Waals surface area (Å²) in [4.78, 5) is 12.3. The van der Waals surface area contributed by atoms with Gasteiger partial charge in [0.25, 0.3) is 5.91 Å². The third-order valence-electron chi connectivity index (χ3n) is 4.99. The largest absolute Gasteiger partial charge is 0.349 e. The summed E-state index contributed by atoms with van der Waals surface area (Å²) in [6.45, 7) is 2.11. The molecule has 2 fully saturated rings. The van der Waals surface area contributed by atoms with Crippen molar-refractivity contribution in [2.24, 2.45) is 17.8 Å². The molecule has 0 heterocycles. The Balaban J connectivity index is 1.68. The number of halogens is 2. The predicted molar refractivity (Wildman–Crippen MR) is 82.3 cm³/mol. The van der Waals surface area contributed by atoms with Gasteiger partial charge < -0.3 is 5.32 Å². The molecule has 0 aliphatic heterocycles. The van der Waals surface area contributed by atoms with E-state index in [0.29, 0.717) is 21.5 Å². The number of hydrogen-bond donors (Lipinski definition) is 1. The Labute approximate surface area is 129 Å². The second-order valence-electron chi connectivity index (χ2n) is 6.20. The summed E-state index contributed by atoms with van der Waals surface area (Å²) in [6.07, 6.45) is 5.31. The van der Waals surface area contributed by atoms with Crippen molar-refractivity contribution in [1.82, 2.24) is 5.32 Å². The van der Waals surface area contributed by atoms with Crippen LogP contribution in [-0.4, -0.2) is 11.9 Å². The second-order valence-corrected chi connectivity index (χ2v) is 6.99. The Morgan fingerprint density at radius 3 is 2.75 bits per heavy atom. The van der Waals surface area contributed by atoms with Crippen LogP contribution in [0.3, 0.4) is 0 Å². The molecule has 2 saturated carbocycles. The maximum Gasteiger partial charge on any atom is 0.253 e. The van der Waals surface area contributed by atoms with Gasteiger partial charge in [-0.25, -0.2) is 0 Å². The zero-order valence-electron chi connectivity index (χ0n) is 11.5. The van der Waals surface area contributed by atoms with Crippen molar-refractivity contribution in [3.05, 3.63) is 33.8 Å². The second kappa shape index (κ2) is 5.57. The highest BCUT2D eigenvalue weighted by Gasteiger charge is 2.42. The lowest BCUT2D eigenvalue weighted by molar-refractivity contribution is 0.0915. The maximum absolute atomic E-state index is 12.3. The van der Waals surface area contributed by atoms with Crippen molar-refractivity contribution in [2.45, 2.75) is 38.6 Å². The van der Waals surface area contributed by atoms with Gasteiger partial charge in [-0.1, -0.05) is 35.7 Å². The van der Waals surface area contributed by atoms with E-state index in [1.807, 2.05) is 0 Å². The Morgan fingerprint density at radius 1 is 1.30 bits per heavy atom. The van der Waals surface area contributed by atoms with Crippen LogP contribution in [-0.2, 0) is 0 Å². The number of fused-ring (bicyclic) bond motifs is 2. The molecular formula is C16H19Cl2NO. The van der Waals surface area contributed by atoms with Gasteiger partial charge >= 0.3 is 0 Å². The molecule has 0 spiro atoms. The lowest BCUT2D eigenvalue weighted by Crippen LogP contribution is -2.40. The van der Waals surface area contributed by atoms with Crippen molar-refractivity contribution >= 4 is 29.1 Å². The molecule has 1 aromatic carbocycles. The molecule has 1 N–H and O–H groups in total. The number of rotatable bonds is 3. The van der Waals surface area contributed by atoms with E-state index >= 15 is 0 Å². The molecule has 1 aromatic rings. The van der Waals surface area contributed by atoms with Crippen molar-refractivity contribution in [1.29, 1.82) is 0 Å². The third-order valence-corrected chi connectivity index (χ3v) is 5.81. The number of benzene rings is 1. The highest BCUT2D eigenvalue weighted by atomic mass is 35.5. The molecule has 4 unspecified atom stereocenters. The molecule has 2 aliphatic carbocycles. The van der Waals surface area contributed by atoms with Crippen LogP contribution in [0.15, 0.2) is 18.2 Å². The van der Waals surface area contributed by atoms with E-state index in [1.54, 1.807) is 18.2 Å². The van der Waals surface area contributed by atoms with Gasteiger partial charge in [0.15, 0.2) is 0 Å². The van der Waals surface area contributed by atoms with Crippen LogP contribution >= 0.6 is 23.2 Å². The normalized spacial score (nSPS) is 29.4. The van der Waals surface area contributed by atoms with E-state index < -0.39 is 0 Å². The highest BCUT2D eigenvalue weighted by molar-refractivity contribution is 6.43. The summed E-state index contributed by atoms with van der Waals surface area (Å²) < 4.78 is 0. The van der Waals surface area contributed by atoms with Crippen molar-refractivity contribution in [2.75, 3.05) is 0 Å². The summed E-state index contributed by atoms with van der Waals surface area (Å²) in [5, 5.41) is 3.87. The van der Waals surface area contributed by atoms with Crippen LogP contribution in [0.25, 0.3) is 0 Å². The minimum absolute atomic E-state index is 0.118. The smallest absolute Gasteiger partial charge is 0.253 e. The van der Waals surface area contributed by atoms with Gasteiger partial charge in [0, 0.05) is 6.04 Å². The molecule has 3 rings (SSSR count). The Kier molecular flexibility index (Phi) is 3.96. The van der Waals surface area contributed by atoms with Gasteiger partial charge in [0.1, 0.15) is 0 Å². The van der Waals surface area contributed by atoms with Gasteiger partial charge in [0.05, 0.1) is 15.6 Å². The fourth-order valence-corrected chi connectivity index (χ4v) is 4.36. The van der Waals surface area contributed by atoms with Crippen LogP contribution in [0.1, 0.15) is 43.0 Å². The molecule has 0 radical (unpaired) electrons. The standard InChI is InChI=1S/C16H19Cl2NO/c1-9(13-8-10-5-6-11(13)7-10)19-16(20)12-3-2-4-14(17)15(12)18/h2-4,9-11,13H,5-8H2,1H3,(H,19,20). The lowest BCUT2D eigenvalue weighted by Gasteiger charge is -2.28. The van der Waals surface area contributed by atoms with Gasteiger partial charge in [0.2, 0.25) is 0 Å². The maximum atomic E-state index is 12.3. The highest BCUT2D eigenvalue weighted by Crippen LogP contribution is 2.49. The predicted octanol–water partition coefficient (Wildman–Crippen LogP) is 4.55. The van der Waals surface area contributed by atoms with E-state index in [2.05, 4.69) is 12.2 Å². The first-order chi connectivity index (χ1) is 9.56. The molecule has 4 heteroatoms. The molecule has 20 heavy (non-hydrogen) atoms.